The van der Waals surface area contributed by atoms with Gasteiger partial charge in [0.15, 0.2) is 11.5 Å². The van der Waals surface area contributed by atoms with E-state index >= 15 is 0 Å². The van der Waals surface area contributed by atoms with Crippen LogP contribution in [0.3, 0.4) is 0 Å². The molecular weight excluding hydrogens is 296 g/mol. The van der Waals surface area contributed by atoms with E-state index < -0.39 is 11.9 Å². The molecule has 0 aromatic heterocycles. The summed E-state index contributed by atoms with van der Waals surface area (Å²) in [4.78, 5) is 23.0. The van der Waals surface area contributed by atoms with Gasteiger partial charge >= 0.3 is 11.9 Å². The summed E-state index contributed by atoms with van der Waals surface area (Å²) in [7, 11) is 1.49. The van der Waals surface area contributed by atoms with E-state index in [1.54, 1.807) is 6.92 Å². The highest BCUT2D eigenvalue weighted by molar-refractivity contribution is 6.00. The number of rotatable bonds is 3. The zero-order valence-corrected chi connectivity index (χ0v) is 14.2. The Bertz CT molecular complexity index is 805. The molecule has 0 saturated heterocycles. The Labute approximate surface area is 135 Å². The summed E-state index contributed by atoms with van der Waals surface area (Å²) in [6.45, 7) is 8.38. The maximum atomic E-state index is 11.5. The van der Waals surface area contributed by atoms with Crippen molar-refractivity contribution >= 4 is 22.7 Å². The second-order valence-electron chi connectivity index (χ2n) is 5.49. The fourth-order valence-electron chi connectivity index (χ4n) is 2.56. The lowest BCUT2D eigenvalue weighted by atomic mass is 9.98. The molecule has 0 aliphatic rings. The second-order valence-corrected chi connectivity index (χ2v) is 5.49. The van der Waals surface area contributed by atoms with E-state index in [1.807, 2.05) is 26.0 Å². The number of hydrogen-bond donors (Lipinski definition) is 0. The zero-order chi connectivity index (χ0) is 17.3. The number of esters is 2. The number of benzene rings is 2. The van der Waals surface area contributed by atoms with Gasteiger partial charge in [0.25, 0.3) is 0 Å². The Hall–Kier alpha value is -2.56. The van der Waals surface area contributed by atoms with Gasteiger partial charge < -0.3 is 14.2 Å². The van der Waals surface area contributed by atoms with E-state index in [1.165, 1.54) is 21.0 Å². The van der Waals surface area contributed by atoms with Gasteiger partial charge in [0.1, 0.15) is 5.75 Å². The Morgan fingerprint density at radius 1 is 0.783 bits per heavy atom. The average Bonchev–Trinajstić information content (AvgIpc) is 2.45. The monoisotopic (exact) mass is 316 g/mol. The smallest absolute Gasteiger partial charge is 0.308 e. The summed E-state index contributed by atoms with van der Waals surface area (Å²) < 4.78 is 16.2. The van der Waals surface area contributed by atoms with E-state index in [2.05, 4.69) is 0 Å². The maximum absolute atomic E-state index is 11.5. The maximum Gasteiger partial charge on any atom is 0.308 e. The van der Waals surface area contributed by atoms with Crippen LogP contribution in [0.25, 0.3) is 10.8 Å². The lowest BCUT2D eigenvalue weighted by molar-refractivity contribution is -0.133. The molecule has 0 fully saturated rings. The fraction of sp³-hybridized carbons (Fsp3) is 0.333. The standard InChI is InChI=1S/C18H20O5/c1-9-7-14-15(8-10(9)2)18(23-13(5)20)17(21-6)11(3)16(14)22-12(4)19/h7-8H,1-6H3. The molecule has 0 unspecified atom stereocenters. The van der Waals surface area contributed by atoms with Crippen LogP contribution in [-0.2, 0) is 9.59 Å². The van der Waals surface area contributed by atoms with Crippen molar-refractivity contribution in [3.05, 3.63) is 28.8 Å². The molecule has 0 radical (unpaired) electrons. The number of carbonyl (C=O) groups excluding carboxylic acids is 2. The number of carbonyl (C=O) groups is 2. The molecule has 5 nitrogen and oxygen atoms in total. The van der Waals surface area contributed by atoms with Crippen LogP contribution < -0.4 is 14.2 Å². The number of ether oxygens (including phenoxy) is 3. The topological polar surface area (TPSA) is 61.8 Å². The molecule has 2 aromatic carbocycles. The Morgan fingerprint density at radius 2 is 1.22 bits per heavy atom. The summed E-state index contributed by atoms with van der Waals surface area (Å²) in [5.74, 6) is 0.277. The SMILES string of the molecule is COc1c(C)c(OC(C)=O)c2cc(C)c(C)cc2c1OC(C)=O. The lowest BCUT2D eigenvalue weighted by Gasteiger charge is -2.19. The molecule has 0 N–H and O–H groups in total. The highest BCUT2D eigenvalue weighted by Crippen LogP contribution is 2.46. The van der Waals surface area contributed by atoms with E-state index in [0.717, 1.165) is 11.1 Å². The summed E-state index contributed by atoms with van der Waals surface area (Å²) in [6.07, 6.45) is 0. The molecule has 0 amide bonds. The lowest BCUT2D eigenvalue weighted by Crippen LogP contribution is -2.08. The molecule has 2 rings (SSSR count). The molecule has 0 atom stereocenters. The molecule has 0 bridgehead atoms. The van der Waals surface area contributed by atoms with Gasteiger partial charge in [-0.1, -0.05) is 0 Å². The quantitative estimate of drug-likeness (QED) is 0.639. The van der Waals surface area contributed by atoms with Crippen molar-refractivity contribution in [2.75, 3.05) is 7.11 Å². The van der Waals surface area contributed by atoms with Gasteiger partial charge in [-0.15, -0.1) is 0 Å². The van der Waals surface area contributed by atoms with Crippen molar-refractivity contribution in [1.29, 1.82) is 0 Å². The minimum Gasteiger partial charge on any atom is -0.492 e. The Kier molecular flexibility index (Phi) is 4.59. The molecule has 0 heterocycles. The van der Waals surface area contributed by atoms with Crippen molar-refractivity contribution in [2.24, 2.45) is 0 Å². The van der Waals surface area contributed by atoms with Crippen LogP contribution in [0.1, 0.15) is 30.5 Å². The summed E-state index contributed by atoms with van der Waals surface area (Å²) >= 11 is 0. The van der Waals surface area contributed by atoms with Gasteiger partial charge in [0.2, 0.25) is 0 Å². The summed E-state index contributed by atoms with van der Waals surface area (Å²) in [6, 6.07) is 3.82. The number of aryl methyl sites for hydroxylation is 2. The third kappa shape index (κ3) is 3.13. The van der Waals surface area contributed by atoms with Gasteiger partial charge in [-0.3, -0.25) is 9.59 Å². The van der Waals surface area contributed by atoms with Crippen molar-refractivity contribution in [1.82, 2.24) is 0 Å². The van der Waals surface area contributed by atoms with Crippen molar-refractivity contribution < 1.29 is 23.8 Å². The molecule has 23 heavy (non-hydrogen) atoms. The third-order valence-corrected chi connectivity index (χ3v) is 3.71. The molecule has 0 aliphatic carbocycles. The molecular formula is C18H20O5. The van der Waals surface area contributed by atoms with Crippen LogP contribution in [0.5, 0.6) is 17.2 Å². The van der Waals surface area contributed by atoms with Crippen LogP contribution in [0, 0.1) is 20.8 Å². The van der Waals surface area contributed by atoms with Crippen LogP contribution in [0.15, 0.2) is 12.1 Å². The normalized spacial score (nSPS) is 10.5. The molecule has 122 valence electrons. The van der Waals surface area contributed by atoms with Crippen molar-refractivity contribution in [3.8, 4) is 17.2 Å². The molecule has 5 heteroatoms. The first-order valence-electron chi connectivity index (χ1n) is 7.24. The molecule has 0 aliphatic heterocycles. The Morgan fingerprint density at radius 3 is 1.65 bits per heavy atom. The van der Waals surface area contributed by atoms with E-state index in [4.69, 9.17) is 14.2 Å². The Balaban J connectivity index is 2.95. The minimum atomic E-state index is -0.442. The van der Waals surface area contributed by atoms with Gasteiger partial charge in [0, 0.05) is 30.2 Å². The largest absolute Gasteiger partial charge is 0.492 e. The van der Waals surface area contributed by atoms with Crippen LogP contribution in [0.4, 0.5) is 0 Å². The van der Waals surface area contributed by atoms with Crippen LogP contribution in [-0.4, -0.2) is 19.0 Å². The van der Waals surface area contributed by atoms with Gasteiger partial charge in [-0.2, -0.15) is 0 Å². The first-order chi connectivity index (χ1) is 10.8. The minimum absolute atomic E-state index is 0.339. The van der Waals surface area contributed by atoms with Gasteiger partial charge in [0.05, 0.1) is 7.11 Å². The highest BCUT2D eigenvalue weighted by Gasteiger charge is 2.22. The zero-order valence-electron chi connectivity index (χ0n) is 14.2. The van der Waals surface area contributed by atoms with Crippen LogP contribution >= 0.6 is 0 Å². The molecule has 0 saturated carbocycles. The van der Waals surface area contributed by atoms with Gasteiger partial charge in [-0.25, -0.2) is 0 Å². The first kappa shape index (κ1) is 16.8. The summed E-state index contributed by atoms with van der Waals surface area (Å²) in [5.41, 5.74) is 2.68. The predicted octanol–water partition coefficient (Wildman–Crippen LogP) is 3.62. The number of fused-ring (bicyclic) bond motifs is 1. The number of methoxy groups -OCH3 is 1. The summed E-state index contributed by atoms with van der Waals surface area (Å²) in [5, 5.41) is 1.37. The van der Waals surface area contributed by atoms with Crippen molar-refractivity contribution in [3.63, 3.8) is 0 Å². The fourth-order valence-corrected chi connectivity index (χ4v) is 2.56. The van der Waals surface area contributed by atoms with Gasteiger partial charge in [-0.05, 0) is 44.0 Å². The third-order valence-electron chi connectivity index (χ3n) is 3.71. The van der Waals surface area contributed by atoms with E-state index in [-0.39, 0.29) is 0 Å². The molecule has 2 aromatic rings. The number of hydrogen-bond acceptors (Lipinski definition) is 5. The molecule has 0 spiro atoms. The average molecular weight is 316 g/mol. The van der Waals surface area contributed by atoms with Crippen molar-refractivity contribution in [2.45, 2.75) is 34.6 Å². The predicted molar refractivity (Wildman–Crippen MR) is 87.3 cm³/mol. The first-order valence-corrected chi connectivity index (χ1v) is 7.24. The van der Waals surface area contributed by atoms with E-state index in [9.17, 15) is 9.59 Å². The van der Waals surface area contributed by atoms with E-state index in [0.29, 0.717) is 33.6 Å². The van der Waals surface area contributed by atoms with Crippen LogP contribution in [0.2, 0.25) is 0 Å². The highest BCUT2D eigenvalue weighted by atomic mass is 16.6. The second kappa shape index (κ2) is 6.28.